The molecule has 0 fully saturated rings. The van der Waals surface area contributed by atoms with Gasteiger partial charge in [0.1, 0.15) is 0 Å². The first kappa shape index (κ1) is 11.1. The summed E-state index contributed by atoms with van der Waals surface area (Å²) in [6, 6.07) is 15.0. The van der Waals surface area contributed by atoms with Crippen LogP contribution in [0, 0.1) is 0 Å². The van der Waals surface area contributed by atoms with E-state index in [4.69, 9.17) is 5.11 Å². The lowest BCUT2D eigenvalue weighted by atomic mass is 10.00. The first-order chi connectivity index (χ1) is 7.83. The van der Waals surface area contributed by atoms with E-state index in [2.05, 4.69) is 54.7 Å². The van der Waals surface area contributed by atoms with Gasteiger partial charge in [-0.1, -0.05) is 42.5 Å². The number of nitrogens with one attached hydrogen (secondary N) is 1. The van der Waals surface area contributed by atoms with Crippen molar-refractivity contribution in [1.29, 1.82) is 0 Å². The van der Waals surface area contributed by atoms with E-state index in [9.17, 15) is 0 Å². The highest BCUT2D eigenvalue weighted by molar-refractivity contribution is 5.86. The van der Waals surface area contributed by atoms with Crippen LogP contribution in [0.15, 0.2) is 42.5 Å². The van der Waals surface area contributed by atoms with Gasteiger partial charge >= 0.3 is 0 Å². The zero-order chi connectivity index (χ0) is 11.4. The van der Waals surface area contributed by atoms with E-state index in [1.54, 1.807) is 0 Å². The summed E-state index contributed by atoms with van der Waals surface area (Å²) in [5, 5.41) is 14.6. The molecule has 0 aliphatic rings. The van der Waals surface area contributed by atoms with Gasteiger partial charge in [0.2, 0.25) is 0 Å². The Labute approximate surface area is 95.9 Å². The molecule has 0 saturated carbocycles. The minimum absolute atomic E-state index is 0.176. The fourth-order valence-corrected chi connectivity index (χ4v) is 2.02. The van der Waals surface area contributed by atoms with Crippen LogP contribution < -0.4 is 5.32 Å². The summed E-state index contributed by atoms with van der Waals surface area (Å²) < 4.78 is 0. The third-order valence-corrected chi connectivity index (χ3v) is 2.85. The van der Waals surface area contributed by atoms with Crippen LogP contribution in [-0.4, -0.2) is 18.3 Å². The van der Waals surface area contributed by atoms with E-state index in [0.29, 0.717) is 6.54 Å². The number of fused-ring (bicyclic) bond motifs is 1. The number of aliphatic hydroxyl groups is 1. The van der Waals surface area contributed by atoms with Crippen LogP contribution in [0.5, 0.6) is 0 Å². The normalized spacial score (nSPS) is 12.9. The molecule has 0 aliphatic heterocycles. The van der Waals surface area contributed by atoms with Gasteiger partial charge in [-0.05, 0) is 23.3 Å². The second-order valence-electron chi connectivity index (χ2n) is 3.97. The topological polar surface area (TPSA) is 32.3 Å². The molecule has 16 heavy (non-hydrogen) atoms. The number of rotatable bonds is 4. The van der Waals surface area contributed by atoms with Crippen molar-refractivity contribution in [1.82, 2.24) is 5.32 Å². The Kier molecular flexibility index (Phi) is 3.54. The zero-order valence-corrected chi connectivity index (χ0v) is 9.48. The first-order valence-electron chi connectivity index (χ1n) is 5.65. The number of hydrogen-bond donors (Lipinski definition) is 2. The van der Waals surface area contributed by atoms with Crippen molar-refractivity contribution >= 4 is 10.8 Å². The average Bonchev–Trinajstić information content (AvgIpc) is 2.35. The molecule has 2 rings (SSSR count). The number of hydrogen-bond acceptors (Lipinski definition) is 2. The Morgan fingerprint density at radius 3 is 2.69 bits per heavy atom. The van der Waals surface area contributed by atoms with Gasteiger partial charge in [0.15, 0.2) is 0 Å². The molecule has 0 heterocycles. The molecule has 0 spiro atoms. The van der Waals surface area contributed by atoms with Crippen molar-refractivity contribution in [2.75, 3.05) is 13.2 Å². The monoisotopic (exact) mass is 215 g/mol. The zero-order valence-electron chi connectivity index (χ0n) is 9.48. The Morgan fingerprint density at radius 2 is 1.88 bits per heavy atom. The predicted octanol–water partition coefficient (Wildman–Crippen LogP) is 2.48. The van der Waals surface area contributed by atoms with Crippen molar-refractivity contribution in [2.24, 2.45) is 0 Å². The molecule has 0 aliphatic carbocycles. The molecule has 0 aromatic heterocycles. The standard InChI is InChI=1S/C14H17NO/c1-11(15-9-10-16)13-8-4-6-12-5-2-3-7-14(12)13/h2-8,11,15-16H,9-10H2,1H3. The largest absolute Gasteiger partial charge is 0.395 e. The molecular formula is C14H17NO. The lowest BCUT2D eigenvalue weighted by Crippen LogP contribution is -2.22. The summed E-state index contributed by atoms with van der Waals surface area (Å²) in [5.41, 5.74) is 1.28. The van der Waals surface area contributed by atoms with Gasteiger partial charge in [0, 0.05) is 12.6 Å². The van der Waals surface area contributed by atoms with Crippen LogP contribution in [0.1, 0.15) is 18.5 Å². The van der Waals surface area contributed by atoms with E-state index >= 15 is 0 Å². The van der Waals surface area contributed by atoms with Crippen LogP contribution in [-0.2, 0) is 0 Å². The van der Waals surface area contributed by atoms with Crippen LogP contribution in [0.2, 0.25) is 0 Å². The minimum atomic E-state index is 0.176. The summed E-state index contributed by atoms with van der Waals surface area (Å²) in [5.74, 6) is 0. The summed E-state index contributed by atoms with van der Waals surface area (Å²) in [6.45, 7) is 2.93. The molecule has 2 heteroatoms. The maximum absolute atomic E-state index is 8.81. The maximum atomic E-state index is 8.81. The van der Waals surface area contributed by atoms with Crippen LogP contribution >= 0.6 is 0 Å². The van der Waals surface area contributed by atoms with E-state index in [0.717, 1.165) is 0 Å². The lowest BCUT2D eigenvalue weighted by molar-refractivity contribution is 0.286. The van der Waals surface area contributed by atoms with Crippen LogP contribution in [0.25, 0.3) is 10.8 Å². The highest BCUT2D eigenvalue weighted by Crippen LogP contribution is 2.23. The third-order valence-electron chi connectivity index (χ3n) is 2.85. The maximum Gasteiger partial charge on any atom is 0.0556 e. The average molecular weight is 215 g/mol. The minimum Gasteiger partial charge on any atom is -0.395 e. The van der Waals surface area contributed by atoms with Gasteiger partial charge < -0.3 is 10.4 Å². The smallest absolute Gasteiger partial charge is 0.0556 e. The first-order valence-corrected chi connectivity index (χ1v) is 5.65. The highest BCUT2D eigenvalue weighted by Gasteiger charge is 2.07. The van der Waals surface area contributed by atoms with Gasteiger partial charge in [-0.3, -0.25) is 0 Å². The summed E-state index contributed by atoms with van der Waals surface area (Å²) in [6.07, 6.45) is 0. The summed E-state index contributed by atoms with van der Waals surface area (Å²) >= 11 is 0. The summed E-state index contributed by atoms with van der Waals surface area (Å²) in [4.78, 5) is 0. The molecule has 2 N–H and O–H groups in total. The quantitative estimate of drug-likeness (QED) is 0.821. The highest BCUT2D eigenvalue weighted by atomic mass is 16.3. The Balaban J connectivity index is 2.36. The third kappa shape index (κ3) is 2.23. The van der Waals surface area contributed by atoms with Crippen molar-refractivity contribution in [2.45, 2.75) is 13.0 Å². The van der Waals surface area contributed by atoms with Crippen molar-refractivity contribution < 1.29 is 5.11 Å². The van der Waals surface area contributed by atoms with Crippen molar-refractivity contribution in [3.63, 3.8) is 0 Å². The van der Waals surface area contributed by atoms with E-state index < -0.39 is 0 Å². The molecule has 0 bridgehead atoms. The van der Waals surface area contributed by atoms with Gasteiger partial charge in [-0.2, -0.15) is 0 Å². The molecule has 2 aromatic rings. The van der Waals surface area contributed by atoms with E-state index in [1.165, 1.54) is 16.3 Å². The number of aliphatic hydroxyl groups excluding tert-OH is 1. The van der Waals surface area contributed by atoms with Gasteiger partial charge in [-0.25, -0.2) is 0 Å². The molecule has 84 valence electrons. The van der Waals surface area contributed by atoms with E-state index in [-0.39, 0.29) is 12.6 Å². The number of benzene rings is 2. The second-order valence-corrected chi connectivity index (χ2v) is 3.97. The molecule has 1 atom stereocenters. The molecular weight excluding hydrogens is 198 g/mol. The van der Waals surface area contributed by atoms with Gasteiger partial charge in [-0.15, -0.1) is 0 Å². The predicted molar refractivity (Wildman–Crippen MR) is 67.5 cm³/mol. The van der Waals surface area contributed by atoms with Crippen LogP contribution in [0.3, 0.4) is 0 Å². The molecule has 0 saturated heterocycles. The van der Waals surface area contributed by atoms with Gasteiger partial charge in [0.05, 0.1) is 6.61 Å². The second kappa shape index (κ2) is 5.10. The fourth-order valence-electron chi connectivity index (χ4n) is 2.02. The van der Waals surface area contributed by atoms with Crippen LogP contribution in [0.4, 0.5) is 0 Å². The lowest BCUT2D eigenvalue weighted by Gasteiger charge is -2.15. The molecule has 0 radical (unpaired) electrons. The fraction of sp³-hybridized carbons (Fsp3) is 0.286. The Hall–Kier alpha value is -1.38. The molecule has 0 amide bonds. The summed E-state index contributed by atoms with van der Waals surface area (Å²) in [7, 11) is 0. The Morgan fingerprint density at radius 1 is 1.12 bits per heavy atom. The van der Waals surface area contributed by atoms with Gasteiger partial charge in [0.25, 0.3) is 0 Å². The van der Waals surface area contributed by atoms with Crippen molar-refractivity contribution in [3.05, 3.63) is 48.0 Å². The molecule has 2 aromatic carbocycles. The SMILES string of the molecule is CC(NCCO)c1cccc2ccccc12. The molecule has 2 nitrogen and oxygen atoms in total. The Bertz CT molecular complexity index is 462. The molecule has 1 unspecified atom stereocenters. The van der Waals surface area contributed by atoms with Crippen molar-refractivity contribution in [3.8, 4) is 0 Å². The van der Waals surface area contributed by atoms with E-state index in [1.807, 2.05) is 0 Å².